The van der Waals surface area contributed by atoms with Crippen LogP contribution in [-0.4, -0.2) is 10.9 Å². The van der Waals surface area contributed by atoms with Crippen LogP contribution < -0.4 is 4.74 Å². The van der Waals surface area contributed by atoms with Crippen LogP contribution in [0.25, 0.3) is 6.08 Å². The average molecular weight is 351 g/mol. The molecule has 0 heterocycles. The number of hydrogen-bond acceptors (Lipinski definition) is 3. The maximum absolute atomic E-state index is 12.2. The van der Waals surface area contributed by atoms with Crippen molar-refractivity contribution in [3.05, 3.63) is 95.0 Å². The van der Waals surface area contributed by atoms with Crippen LogP contribution in [0.4, 0.5) is 0 Å². The first kappa shape index (κ1) is 16.8. The predicted octanol–water partition coefficient (Wildman–Crippen LogP) is 5.73. The molecule has 0 aliphatic heterocycles. The number of ketones is 1. The molecule has 0 saturated carbocycles. The molecule has 0 aromatic heterocycles. The van der Waals surface area contributed by atoms with Gasteiger partial charge in [0.25, 0.3) is 0 Å². The number of aromatic hydroxyl groups is 1. The third-order valence-corrected chi connectivity index (χ3v) is 3.74. The fourth-order valence-electron chi connectivity index (χ4n) is 2.26. The van der Waals surface area contributed by atoms with Crippen LogP contribution in [0.1, 0.15) is 15.9 Å². The van der Waals surface area contributed by atoms with Crippen molar-refractivity contribution in [2.24, 2.45) is 0 Å². The number of rotatable bonds is 5. The summed E-state index contributed by atoms with van der Waals surface area (Å²) in [5.41, 5.74) is 0.976. The number of allylic oxidation sites excluding steroid dienone is 1. The maximum atomic E-state index is 12.2. The van der Waals surface area contributed by atoms with Crippen molar-refractivity contribution in [3.63, 3.8) is 0 Å². The van der Waals surface area contributed by atoms with E-state index in [2.05, 4.69) is 0 Å². The fourth-order valence-corrected chi connectivity index (χ4v) is 2.45. The number of phenolic OH excluding ortho intramolecular Hbond substituents is 1. The molecule has 0 fully saturated rings. The number of hydrogen-bond donors (Lipinski definition) is 1. The minimum Gasteiger partial charge on any atom is -0.507 e. The average Bonchev–Trinajstić information content (AvgIpc) is 2.63. The van der Waals surface area contributed by atoms with E-state index in [1.807, 2.05) is 30.3 Å². The van der Waals surface area contributed by atoms with Gasteiger partial charge in [-0.05, 0) is 54.6 Å². The van der Waals surface area contributed by atoms with Gasteiger partial charge >= 0.3 is 0 Å². The molecule has 0 radical (unpaired) electrons. The number of ether oxygens (including phenoxy) is 1. The monoisotopic (exact) mass is 350 g/mol. The summed E-state index contributed by atoms with van der Waals surface area (Å²) < 4.78 is 5.73. The van der Waals surface area contributed by atoms with Crippen molar-refractivity contribution >= 4 is 23.5 Å². The van der Waals surface area contributed by atoms with Crippen LogP contribution in [0.5, 0.6) is 17.2 Å². The highest BCUT2D eigenvalue weighted by Gasteiger charge is 2.05. The number of halogens is 1. The second kappa shape index (κ2) is 7.69. The second-order valence-electron chi connectivity index (χ2n) is 5.34. The Morgan fingerprint density at radius 3 is 2.48 bits per heavy atom. The van der Waals surface area contributed by atoms with Crippen LogP contribution in [0.3, 0.4) is 0 Å². The summed E-state index contributed by atoms with van der Waals surface area (Å²) in [6.45, 7) is 0. The van der Waals surface area contributed by atoms with E-state index in [1.54, 1.807) is 42.5 Å². The lowest BCUT2D eigenvalue weighted by molar-refractivity contribution is 0.104. The van der Waals surface area contributed by atoms with Crippen LogP contribution in [-0.2, 0) is 0 Å². The molecule has 0 aliphatic rings. The highest BCUT2D eigenvalue weighted by molar-refractivity contribution is 6.31. The molecule has 3 aromatic rings. The van der Waals surface area contributed by atoms with E-state index < -0.39 is 0 Å². The van der Waals surface area contributed by atoms with Gasteiger partial charge in [-0.1, -0.05) is 41.9 Å². The van der Waals surface area contributed by atoms with Gasteiger partial charge in [0.15, 0.2) is 5.78 Å². The van der Waals surface area contributed by atoms with Crippen molar-refractivity contribution in [1.29, 1.82) is 0 Å². The van der Waals surface area contributed by atoms with E-state index >= 15 is 0 Å². The SMILES string of the molecule is O=C(C=Cc1cc(Oc2ccccc2)ccc1O)c1cccc(Cl)c1. The molecule has 1 N–H and O–H groups in total. The summed E-state index contributed by atoms with van der Waals surface area (Å²) in [5, 5.41) is 10.5. The van der Waals surface area contributed by atoms with Crippen molar-refractivity contribution in [3.8, 4) is 17.2 Å². The number of carbonyl (C=O) groups is 1. The number of benzene rings is 3. The molecule has 0 bridgehead atoms. The maximum Gasteiger partial charge on any atom is 0.185 e. The minimum atomic E-state index is -0.198. The molecule has 0 saturated heterocycles. The van der Waals surface area contributed by atoms with Gasteiger partial charge in [-0.15, -0.1) is 0 Å². The fraction of sp³-hybridized carbons (Fsp3) is 0. The minimum absolute atomic E-state index is 0.0653. The molecule has 0 amide bonds. The van der Waals surface area contributed by atoms with Gasteiger partial charge in [-0.2, -0.15) is 0 Å². The first-order valence-electron chi connectivity index (χ1n) is 7.66. The first-order chi connectivity index (χ1) is 12.1. The molecule has 3 nitrogen and oxygen atoms in total. The summed E-state index contributed by atoms with van der Waals surface area (Å²) in [4.78, 5) is 12.2. The van der Waals surface area contributed by atoms with Crippen LogP contribution in [0, 0.1) is 0 Å². The highest BCUT2D eigenvalue weighted by atomic mass is 35.5. The van der Waals surface area contributed by atoms with E-state index in [0.717, 1.165) is 0 Å². The van der Waals surface area contributed by atoms with Crippen molar-refractivity contribution < 1.29 is 14.6 Å². The Balaban J connectivity index is 1.79. The zero-order chi connectivity index (χ0) is 17.6. The van der Waals surface area contributed by atoms with Crippen molar-refractivity contribution in [1.82, 2.24) is 0 Å². The molecular formula is C21H15ClO3. The van der Waals surface area contributed by atoms with Crippen molar-refractivity contribution in [2.75, 3.05) is 0 Å². The third-order valence-electron chi connectivity index (χ3n) is 3.50. The lowest BCUT2D eigenvalue weighted by Gasteiger charge is -2.07. The number of para-hydroxylation sites is 1. The van der Waals surface area contributed by atoms with Gasteiger partial charge in [0.05, 0.1) is 0 Å². The largest absolute Gasteiger partial charge is 0.507 e. The summed E-state index contributed by atoms with van der Waals surface area (Å²) in [6.07, 6.45) is 2.95. The molecule has 0 atom stereocenters. The van der Waals surface area contributed by atoms with E-state index in [0.29, 0.717) is 27.6 Å². The summed E-state index contributed by atoms with van der Waals surface area (Å²) in [6, 6.07) is 20.9. The summed E-state index contributed by atoms with van der Waals surface area (Å²) in [5.74, 6) is 1.13. The number of carbonyl (C=O) groups excluding carboxylic acids is 1. The smallest absolute Gasteiger partial charge is 0.185 e. The van der Waals surface area contributed by atoms with Gasteiger partial charge in [-0.25, -0.2) is 0 Å². The van der Waals surface area contributed by atoms with Gasteiger partial charge in [-0.3, -0.25) is 4.79 Å². The lowest BCUT2D eigenvalue weighted by Crippen LogP contribution is -1.93. The Labute approximate surface area is 150 Å². The zero-order valence-electron chi connectivity index (χ0n) is 13.2. The van der Waals surface area contributed by atoms with Crippen LogP contribution >= 0.6 is 11.6 Å². The molecule has 25 heavy (non-hydrogen) atoms. The highest BCUT2D eigenvalue weighted by Crippen LogP contribution is 2.28. The van der Waals surface area contributed by atoms with Gasteiger partial charge < -0.3 is 9.84 Å². The zero-order valence-corrected chi connectivity index (χ0v) is 14.0. The molecule has 4 heteroatoms. The predicted molar refractivity (Wildman–Crippen MR) is 99.4 cm³/mol. The molecule has 3 aromatic carbocycles. The van der Waals surface area contributed by atoms with E-state index in [4.69, 9.17) is 16.3 Å². The molecule has 124 valence electrons. The standard InChI is InChI=1S/C21H15ClO3/c22-17-6-4-5-15(13-17)20(23)11-9-16-14-19(10-12-21(16)24)25-18-7-2-1-3-8-18/h1-14,24H. The Kier molecular flexibility index (Phi) is 5.17. The Morgan fingerprint density at radius 2 is 1.72 bits per heavy atom. The van der Waals surface area contributed by atoms with Crippen LogP contribution in [0.15, 0.2) is 78.9 Å². The van der Waals surface area contributed by atoms with Gasteiger partial charge in [0.1, 0.15) is 17.2 Å². The normalized spacial score (nSPS) is 10.8. The van der Waals surface area contributed by atoms with Crippen molar-refractivity contribution in [2.45, 2.75) is 0 Å². The van der Waals surface area contributed by atoms with E-state index in [1.165, 1.54) is 12.1 Å². The first-order valence-corrected chi connectivity index (χ1v) is 8.03. The molecule has 0 spiro atoms. The molecular weight excluding hydrogens is 336 g/mol. The quantitative estimate of drug-likeness (QED) is 0.472. The van der Waals surface area contributed by atoms with Crippen LogP contribution in [0.2, 0.25) is 5.02 Å². The lowest BCUT2D eigenvalue weighted by atomic mass is 10.1. The second-order valence-corrected chi connectivity index (χ2v) is 5.78. The third kappa shape index (κ3) is 4.49. The molecule has 0 aliphatic carbocycles. The van der Waals surface area contributed by atoms with E-state index in [-0.39, 0.29) is 11.5 Å². The topological polar surface area (TPSA) is 46.5 Å². The Hall–Kier alpha value is -3.04. The van der Waals surface area contributed by atoms with Gasteiger partial charge in [0.2, 0.25) is 0 Å². The summed E-state index contributed by atoms with van der Waals surface area (Å²) >= 11 is 5.90. The Morgan fingerprint density at radius 1 is 0.920 bits per heavy atom. The van der Waals surface area contributed by atoms with E-state index in [9.17, 15) is 9.90 Å². The Bertz CT molecular complexity index is 917. The van der Waals surface area contributed by atoms with Gasteiger partial charge in [0, 0.05) is 16.1 Å². The number of phenols is 1. The molecule has 3 rings (SSSR count). The summed E-state index contributed by atoms with van der Waals surface area (Å²) in [7, 11) is 0. The molecule has 0 unspecified atom stereocenters.